The molecule has 0 unspecified atom stereocenters. The van der Waals surface area contributed by atoms with Gasteiger partial charge in [0.05, 0.1) is 9.82 Å². The average Bonchev–Trinajstić information content (AvgIpc) is 3.20. The molecule has 1 amide bonds. The summed E-state index contributed by atoms with van der Waals surface area (Å²) in [6.45, 7) is 7.03. The fourth-order valence-electron chi connectivity index (χ4n) is 6.64. The second-order valence-corrected chi connectivity index (χ2v) is 17.0. The molecule has 11 nitrogen and oxygen atoms in total. The summed E-state index contributed by atoms with van der Waals surface area (Å²) in [5, 5.41) is 15.5. The molecule has 6 rings (SSSR count). The first-order valence-corrected chi connectivity index (χ1v) is 21.1. The maximum atomic E-state index is 13.4. The van der Waals surface area contributed by atoms with Gasteiger partial charge >= 0.3 is 0 Å². The van der Waals surface area contributed by atoms with Crippen LogP contribution in [0, 0.1) is 17.0 Å². The van der Waals surface area contributed by atoms with Crippen molar-refractivity contribution < 1.29 is 18.1 Å². The third-order valence-electron chi connectivity index (χ3n) is 9.82. The molecule has 0 aliphatic carbocycles. The van der Waals surface area contributed by atoms with E-state index in [0.29, 0.717) is 12.2 Å². The van der Waals surface area contributed by atoms with Gasteiger partial charge < -0.3 is 15.1 Å². The first-order valence-electron chi connectivity index (χ1n) is 18.6. The summed E-state index contributed by atoms with van der Waals surface area (Å²) in [6, 6.07) is 37.4. The molecule has 56 heavy (non-hydrogen) atoms. The number of hydrogen-bond donors (Lipinski definition) is 2. The van der Waals surface area contributed by atoms with E-state index in [1.54, 1.807) is 23.9 Å². The molecule has 13 heteroatoms. The third-order valence-corrected chi connectivity index (χ3v) is 12.3. The van der Waals surface area contributed by atoms with Crippen molar-refractivity contribution in [2.45, 2.75) is 35.7 Å². The number of anilines is 2. The van der Waals surface area contributed by atoms with Crippen LogP contribution in [-0.2, 0) is 16.6 Å². The predicted octanol–water partition coefficient (Wildman–Crippen LogP) is 7.54. The van der Waals surface area contributed by atoms with E-state index in [4.69, 9.17) is 0 Å². The highest BCUT2D eigenvalue weighted by Crippen LogP contribution is 2.31. The lowest BCUT2D eigenvalue weighted by molar-refractivity contribution is -0.384. The van der Waals surface area contributed by atoms with Crippen molar-refractivity contribution in [1.82, 2.24) is 14.5 Å². The zero-order chi connectivity index (χ0) is 39.7. The van der Waals surface area contributed by atoms with E-state index in [2.05, 4.69) is 75.3 Å². The van der Waals surface area contributed by atoms with E-state index in [1.807, 2.05) is 61.5 Å². The SMILES string of the molecule is Cc1ccc(-c2ccccc2CN2CCN(c3ccc(C(=O)NS(=O)(=O)c4ccc(N[C@H](CCN(C)C)CSc5ccccc5)c([N+](=O)[O-])c4)cc3)CC2)cc1. The Bertz CT molecular complexity index is 2210. The number of hydrogen-bond acceptors (Lipinski definition) is 10. The molecule has 1 heterocycles. The molecular formula is C43H48N6O5S2. The number of nitrogens with zero attached hydrogens (tertiary/aromatic N) is 4. The van der Waals surface area contributed by atoms with Gasteiger partial charge in [-0.2, -0.15) is 0 Å². The zero-order valence-electron chi connectivity index (χ0n) is 31.9. The predicted molar refractivity (Wildman–Crippen MR) is 226 cm³/mol. The van der Waals surface area contributed by atoms with Crippen LogP contribution in [0.5, 0.6) is 0 Å². The number of carbonyl (C=O) groups is 1. The highest BCUT2D eigenvalue weighted by Gasteiger charge is 2.26. The summed E-state index contributed by atoms with van der Waals surface area (Å²) in [5.74, 6) is -0.176. The van der Waals surface area contributed by atoms with Crippen LogP contribution < -0.4 is 14.9 Å². The fourth-order valence-corrected chi connectivity index (χ4v) is 8.62. The number of rotatable bonds is 16. The number of piperazine rings is 1. The largest absolute Gasteiger partial charge is 0.376 e. The molecule has 1 saturated heterocycles. The van der Waals surface area contributed by atoms with Crippen molar-refractivity contribution in [2.24, 2.45) is 0 Å². The zero-order valence-corrected chi connectivity index (χ0v) is 33.6. The average molecular weight is 793 g/mol. The number of aryl methyl sites for hydroxylation is 1. The van der Waals surface area contributed by atoms with Crippen molar-refractivity contribution >= 4 is 44.8 Å². The molecule has 0 spiro atoms. The minimum Gasteiger partial charge on any atom is -0.376 e. The van der Waals surface area contributed by atoms with Gasteiger partial charge in [0.2, 0.25) is 0 Å². The minimum atomic E-state index is -4.42. The molecule has 2 N–H and O–H groups in total. The summed E-state index contributed by atoms with van der Waals surface area (Å²) in [5.41, 5.74) is 5.90. The number of nitro groups is 1. The molecule has 0 bridgehead atoms. The van der Waals surface area contributed by atoms with Gasteiger partial charge in [-0.15, -0.1) is 11.8 Å². The molecule has 292 valence electrons. The number of benzene rings is 5. The van der Waals surface area contributed by atoms with Crippen LogP contribution in [0.2, 0.25) is 0 Å². The summed E-state index contributed by atoms with van der Waals surface area (Å²) in [7, 11) is -0.498. The van der Waals surface area contributed by atoms with Crippen molar-refractivity contribution in [3.05, 3.63) is 148 Å². The number of carbonyl (C=O) groups excluding carboxylic acids is 1. The quantitative estimate of drug-likeness (QED) is 0.0588. The Morgan fingerprint density at radius 2 is 1.55 bits per heavy atom. The first kappa shape index (κ1) is 40.5. The molecule has 0 aromatic heterocycles. The summed E-state index contributed by atoms with van der Waals surface area (Å²) < 4.78 is 28.8. The summed E-state index contributed by atoms with van der Waals surface area (Å²) >= 11 is 1.64. The molecule has 1 aliphatic heterocycles. The van der Waals surface area contributed by atoms with E-state index in [1.165, 1.54) is 34.4 Å². The van der Waals surface area contributed by atoms with Crippen molar-refractivity contribution in [3.63, 3.8) is 0 Å². The Morgan fingerprint density at radius 3 is 2.23 bits per heavy atom. The number of nitro benzene ring substituents is 1. The molecular weight excluding hydrogens is 745 g/mol. The first-order chi connectivity index (χ1) is 26.9. The molecule has 0 saturated carbocycles. The van der Waals surface area contributed by atoms with Crippen LogP contribution in [-0.4, -0.2) is 87.7 Å². The normalized spacial score (nSPS) is 14.0. The van der Waals surface area contributed by atoms with Crippen LogP contribution in [0.25, 0.3) is 11.1 Å². The lowest BCUT2D eigenvalue weighted by Crippen LogP contribution is -2.46. The van der Waals surface area contributed by atoms with E-state index in [-0.39, 0.29) is 27.9 Å². The van der Waals surface area contributed by atoms with E-state index in [0.717, 1.165) is 55.9 Å². The Balaban J connectivity index is 1.06. The maximum Gasteiger partial charge on any atom is 0.293 e. The van der Waals surface area contributed by atoms with Crippen LogP contribution >= 0.6 is 11.8 Å². The number of thioether (sulfide) groups is 1. The molecule has 1 aliphatic rings. The van der Waals surface area contributed by atoms with Gasteiger partial charge in [-0.05, 0) is 99.2 Å². The number of sulfonamides is 1. The van der Waals surface area contributed by atoms with E-state index >= 15 is 0 Å². The molecule has 5 aromatic rings. The number of nitrogens with one attached hydrogen (secondary N) is 2. The van der Waals surface area contributed by atoms with Gasteiger partial charge in [-0.3, -0.25) is 19.8 Å². The van der Waals surface area contributed by atoms with Crippen molar-refractivity contribution in [2.75, 3.05) is 62.8 Å². The second kappa shape index (κ2) is 18.6. The minimum absolute atomic E-state index is 0.137. The highest BCUT2D eigenvalue weighted by atomic mass is 32.2. The highest BCUT2D eigenvalue weighted by molar-refractivity contribution is 7.99. The van der Waals surface area contributed by atoms with E-state index < -0.39 is 20.9 Å². The van der Waals surface area contributed by atoms with Crippen molar-refractivity contribution in [1.29, 1.82) is 0 Å². The van der Waals surface area contributed by atoms with Gasteiger partial charge in [0.25, 0.3) is 21.6 Å². The molecule has 1 atom stereocenters. The molecule has 0 radical (unpaired) electrons. The smallest absolute Gasteiger partial charge is 0.293 e. The fraction of sp³-hybridized carbons (Fsp3) is 0.279. The molecule has 5 aromatic carbocycles. The van der Waals surface area contributed by atoms with Gasteiger partial charge in [0.15, 0.2) is 0 Å². The third kappa shape index (κ3) is 10.8. The van der Waals surface area contributed by atoms with Gasteiger partial charge in [0.1, 0.15) is 5.69 Å². The van der Waals surface area contributed by atoms with Gasteiger partial charge in [-0.1, -0.05) is 72.3 Å². The van der Waals surface area contributed by atoms with Crippen LogP contribution in [0.1, 0.15) is 27.9 Å². The summed E-state index contributed by atoms with van der Waals surface area (Å²) in [6.07, 6.45) is 0.707. The van der Waals surface area contributed by atoms with Gasteiger partial charge in [-0.25, -0.2) is 13.1 Å². The van der Waals surface area contributed by atoms with Crippen LogP contribution in [0.4, 0.5) is 17.1 Å². The second-order valence-electron chi connectivity index (χ2n) is 14.3. The Morgan fingerprint density at radius 1 is 0.875 bits per heavy atom. The van der Waals surface area contributed by atoms with Crippen LogP contribution in [0.3, 0.4) is 0 Å². The topological polar surface area (TPSA) is 128 Å². The van der Waals surface area contributed by atoms with Crippen LogP contribution in [0.15, 0.2) is 131 Å². The lowest BCUT2D eigenvalue weighted by atomic mass is 9.98. The standard InChI is InChI=1S/C43H48N6O5S2/c1-32-13-15-33(16-14-32)40-12-8-7-9-35(40)30-47-25-27-48(28-26-47)37-19-17-34(18-20-37)43(50)45-56(53,54)39-21-22-41(42(29-39)49(51)52)44-36(23-24-46(2)3)31-55-38-10-5-4-6-11-38/h4-22,29,36,44H,23-28,30-31H2,1-3H3,(H,45,50)/t36-/m1/s1. The Labute approximate surface area is 333 Å². The Hall–Kier alpha value is -5.21. The van der Waals surface area contributed by atoms with Crippen molar-refractivity contribution in [3.8, 4) is 11.1 Å². The van der Waals surface area contributed by atoms with E-state index in [9.17, 15) is 23.3 Å². The van der Waals surface area contributed by atoms with Gasteiger partial charge in [0, 0.05) is 66.7 Å². The maximum absolute atomic E-state index is 13.4. The molecule has 1 fully saturated rings. The lowest BCUT2D eigenvalue weighted by Gasteiger charge is -2.36. The number of amides is 1. The Kier molecular flexibility index (Phi) is 13.4. The summed E-state index contributed by atoms with van der Waals surface area (Å²) in [4.78, 5) is 32.2. The monoisotopic (exact) mass is 792 g/mol.